The molecule has 1 N–H and O–H groups in total. The van der Waals surface area contributed by atoms with Crippen molar-refractivity contribution in [2.45, 2.75) is 19.1 Å². The number of benzene rings is 1. The van der Waals surface area contributed by atoms with Crippen LogP contribution in [0.5, 0.6) is 0 Å². The number of aromatic amines is 1. The largest absolute Gasteiger partial charge is 0.416 e. The molecule has 0 aliphatic rings. The lowest BCUT2D eigenvalue weighted by atomic mass is 10.0. The summed E-state index contributed by atoms with van der Waals surface area (Å²) in [5.41, 5.74) is -1.66. The Morgan fingerprint density at radius 1 is 1.15 bits per heavy atom. The lowest BCUT2D eigenvalue weighted by Crippen LogP contribution is -2.23. The summed E-state index contributed by atoms with van der Waals surface area (Å²) in [6.07, 6.45) is -3.05. The van der Waals surface area contributed by atoms with Gasteiger partial charge in [-0.25, -0.2) is 0 Å². The summed E-state index contributed by atoms with van der Waals surface area (Å²) >= 11 is 0. The maximum atomic E-state index is 13.1. The van der Waals surface area contributed by atoms with E-state index in [-0.39, 0.29) is 35.0 Å². The fourth-order valence-electron chi connectivity index (χ4n) is 2.75. The van der Waals surface area contributed by atoms with Crippen molar-refractivity contribution in [1.82, 2.24) is 9.55 Å². The third kappa shape index (κ3) is 3.24. The zero-order valence-corrected chi connectivity index (χ0v) is 13.3. The van der Waals surface area contributed by atoms with Crippen molar-refractivity contribution in [2.75, 3.05) is 0 Å². The summed E-state index contributed by atoms with van der Waals surface area (Å²) in [7, 11) is 0. The zero-order chi connectivity index (χ0) is 18.9. The molecule has 132 valence electrons. The van der Waals surface area contributed by atoms with Gasteiger partial charge in [-0.15, -0.1) is 0 Å². The van der Waals surface area contributed by atoms with E-state index in [0.29, 0.717) is 0 Å². The van der Waals surface area contributed by atoms with Gasteiger partial charge in [0.15, 0.2) is 0 Å². The SMILES string of the molecule is N#Cc1cc2c(=O)n(CCc3ccccc3C(F)(F)F)ccc2[nH]c1=O. The average Bonchev–Trinajstić information content (AvgIpc) is 2.60. The molecule has 0 bridgehead atoms. The van der Waals surface area contributed by atoms with Crippen molar-refractivity contribution in [1.29, 1.82) is 5.26 Å². The number of nitrogens with one attached hydrogen (secondary N) is 1. The first-order valence-electron chi connectivity index (χ1n) is 7.63. The first-order valence-corrected chi connectivity index (χ1v) is 7.63. The van der Waals surface area contributed by atoms with Crippen LogP contribution >= 0.6 is 0 Å². The molecule has 0 spiro atoms. The predicted octanol–water partition coefficient (Wildman–Crippen LogP) is 2.82. The highest BCUT2D eigenvalue weighted by Crippen LogP contribution is 2.32. The van der Waals surface area contributed by atoms with E-state index in [1.807, 2.05) is 0 Å². The molecule has 2 aromatic heterocycles. The highest BCUT2D eigenvalue weighted by molar-refractivity contribution is 5.78. The van der Waals surface area contributed by atoms with Gasteiger partial charge in [-0.05, 0) is 30.2 Å². The predicted molar refractivity (Wildman–Crippen MR) is 88.7 cm³/mol. The Morgan fingerprint density at radius 3 is 2.58 bits per heavy atom. The topological polar surface area (TPSA) is 78.7 Å². The Hall–Kier alpha value is -3.34. The number of hydrogen-bond donors (Lipinski definition) is 1. The molecule has 0 radical (unpaired) electrons. The molecule has 0 aliphatic heterocycles. The van der Waals surface area contributed by atoms with Gasteiger partial charge < -0.3 is 9.55 Å². The fourth-order valence-corrected chi connectivity index (χ4v) is 2.75. The number of fused-ring (bicyclic) bond motifs is 1. The lowest BCUT2D eigenvalue weighted by Gasteiger charge is -2.13. The molecule has 0 unspecified atom stereocenters. The normalized spacial score (nSPS) is 11.5. The van der Waals surface area contributed by atoms with Crippen molar-refractivity contribution in [2.24, 2.45) is 0 Å². The van der Waals surface area contributed by atoms with Crippen molar-refractivity contribution >= 4 is 10.9 Å². The minimum Gasteiger partial charge on any atom is -0.321 e. The number of nitriles is 1. The number of halogens is 3. The zero-order valence-electron chi connectivity index (χ0n) is 13.3. The fraction of sp³-hybridized carbons (Fsp3) is 0.167. The summed E-state index contributed by atoms with van der Waals surface area (Å²) < 4.78 is 40.4. The van der Waals surface area contributed by atoms with E-state index in [9.17, 15) is 22.8 Å². The van der Waals surface area contributed by atoms with Gasteiger partial charge in [-0.3, -0.25) is 9.59 Å². The summed E-state index contributed by atoms with van der Waals surface area (Å²) in [6, 6.07) is 9.57. The van der Waals surface area contributed by atoms with Crippen molar-refractivity contribution < 1.29 is 13.2 Å². The van der Waals surface area contributed by atoms with Crippen molar-refractivity contribution in [3.8, 4) is 6.07 Å². The number of H-pyrrole nitrogens is 1. The summed E-state index contributed by atoms with van der Waals surface area (Å²) in [5, 5.41) is 9.04. The molecular weight excluding hydrogens is 347 g/mol. The van der Waals surface area contributed by atoms with Crippen LogP contribution in [0.2, 0.25) is 0 Å². The molecular formula is C18H12F3N3O2. The van der Waals surface area contributed by atoms with Crippen LogP contribution in [0, 0.1) is 11.3 Å². The summed E-state index contributed by atoms with van der Waals surface area (Å²) in [4.78, 5) is 26.6. The van der Waals surface area contributed by atoms with Crippen LogP contribution in [-0.2, 0) is 19.1 Å². The number of aryl methyl sites for hydroxylation is 2. The van der Waals surface area contributed by atoms with E-state index in [1.54, 1.807) is 6.07 Å². The first-order chi connectivity index (χ1) is 12.3. The third-order valence-corrected chi connectivity index (χ3v) is 4.05. The highest BCUT2D eigenvalue weighted by Gasteiger charge is 2.32. The van der Waals surface area contributed by atoms with Gasteiger partial charge in [-0.1, -0.05) is 18.2 Å². The number of aromatic nitrogens is 2. The monoisotopic (exact) mass is 359 g/mol. The summed E-state index contributed by atoms with van der Waals surface area (Å²) in [6.45, 7) is 0.0306. The first kappa shape index (κ1) is 17.5. The molecule has 0 atom stereocenters. The Balaban J connectivity index is 1.98. The molecule has 2 heterocycles. The van der Waals surface area contributed by atoms with Gasteiger partial charge in [0.05, 0.1) is 16.5 Å². The van der Waals surface area contributed by atoms with Crippen LogP contribution in [0.4, 0.5) is 13.2 Å². The van der Waals surface area contributed by atoms with E-state index >= 15 is 0 Å². The number of rotatable bonds is 3. The third-order valence-electron chi connectivity index (χ3n) is 4.05. The van der Waals surface area contributed by atoms with Crippen LogP contribution in [0.25, 0.3) is 10.9 Å². The summed E-state index contributed by atoms with van der Waals surface area (Å²) in [5.74, 6) is 0. The van der Waals surface area contributed by atoms with Gasteiger partial charge in [0.25, 0.3) is 11.1 Å². The Kier molecular flexibility index (Phi) is 4.38. The molecule has 0 fully saturated rings. The second kappa shape index (κ2) is 6.52. The molecule has 0 saturated carbocycles. The average molecular weight is 359 g/mol. The van der Waals surface area contributed by atoms with Crippen LogP contribution < -0.4 is 11.1 Å². The van der Waals surface area contributed by atoms with Crippen molar-refractivity contribution in [3.63, 3.8) is 0 Å². The minimum atomic E-state index is -4.47. The number of pyridine rings is 2. The Labute approximate surface area is 144 Å². The number of alkyl halides is 3. The van der Waals surface area contributed by atoms with E-state index in [2.05, 4.69) is 4.98 Å². The van der Waals surface area contributed by atoms with Gasteiger partial charge in [0.2, 0.25) is 0 Å². The lowest BCUT2D eigenvalue weighted by molar-refractivity contribution is -0.138. The van der Waals surface area contributed by atoms with Gasteiger partial charge in [0, 0.05) is 12.7 Å². The molecule has 3 rings (SSSR count). The van der Waals surface area contributed by atoms with Crippen LogP contribution in [0.1, 0.15) is 16.7 Å². The van der Waals surface area contributed by atoms with Gasteiger partial charge >= 0.3 is 6.18 Å². The maximum absolute atomic E-state index is 13.1. The molecule has 5 nitrogen and oxygen atoms in total. The second-order valence-corrected chi connectivity index (χ2v) is 5.67. The molecule has 3 aromatic rings. The van der Waals surface area contributed by atoms with E-state index in [1.165, 1.54) is 41.1 Å². The Morgan fingerprint density at radius 2 is 1.88 bits per heavy atom. The minimum absolute atomic E-state index is 0.00948. The van der Waals surface area contributed by atoms with E-state index < -0.39 is 22.9 Å². The van der Waals surface area contributed by atoms with Gasteiger partial charge in [-0.2, -0.15) is 18.4 Å². The standard InChI is InChI=1S/C18H12F3N3O2/c19-18(20,21)14-4-2-1-3-11(14)5-7-24-8-6-15-13(17(24)26)9-12(10-22)16(25)23-15/h1-4,6,8-9H,5,7H2,(H,23,25). The van der Waals surface area contributed by atoms with E-state index in [4.69, 9.17) is 5.26 Å². The smallest absolute Gasteiger partial charge is 0.321 e. The number of nitrogens with zero attached hydrogens (tertiary/aromatic N) is 2. The van der Waals surface area contributed by atoms with Crippen LogP contribution in [-0.4, -0.2) is 9.55 Å². The van der Waals surface area contributed by atoms with Crippen LogP contribution in [0.15, 0.2) is 52.2 Å². The van der Waals surface area contributed by atoms with Crippen LogP contribution in [0.3, 0.4) is 0 Å². The number of hydrogen-bond acceptors (Lipinski definition) is 3. The second-order valence-electron chi connectivity index (χ2n) is 5.67. The van der Waals surface area contributed by atoms with Gasteiger partial charge in [0.1, 0.15) is 11.6 Å². The van der Waals surface area contributed by atoms with Crippen molar-refractivity contribution in [3.05, 3.63) is 80.0 Å². The molecule has 8 heteroatoms. The molecule has 26 heavy (non-hydrogen) atoms. The molecule has 1 aromatic carbocycles. The Bertz CT molecular complexity index is 1140. The molecule has 0 saturated heterocycles. The molecule has 0 amide bonds. The maximum Gasteiger partial charge on any atom is 0.416 e. The quantitative estimate of drug-likeness (QED) is 0.781. The highest BCUT2D eigenvalue weighted by atomic mass is 19.4. The molecule has 0 aliphatic carbocycles. The van der Waals surface area contributed by atoms with E-state index in [0.717, 1.165) is 6.07 Å².